The zero-order valence-corrected chi connectivity index (χ0v) is 3.53. The second-order valence-corrected chi connectivity index (χ2v) is 1.04. The van der Waals surface area contributed by atoms with Crippen LogP contribution in [-0.4, -0.2) is 123 Å². The van der Waals surface area contributed by atoms with Crippen molar-refractivity contribution in [3.63, 3.8) is 0 Å². The first-order chi connectivity index (χ1) is 3.18. The van der Waals surface area contributed by atoms with Gasteiger partial charge in [-0.15, -0.1) is 0 Å². The van der Waals surface area contributed by atoms with E-state index in [1.54, 1.807) is 0 Å². The summed E-state index contributed by atoms with van der Waals surface area (Å²) in [4.78, 5) is 9.52. The molecule has 0 amide bonds. The first-order valence-electron chi connectivity index (χ1n) is 1.70. The van der Waals surface area contributed by atoms with Crippen LogP contribution in [0.5, 0.6) is 0 Å². The number of aliphatic hydroxyl groups excluding tert-OH is 2. The normalized spacial score (nSPS) is 9.40. The van der Waals surface area contributed by atoms with E-state index in [0.717, 1.165) is 0 Å². The van der Waals surface area contributed by atoms with Gasteiger partial charge in [0.05, 0.1) is 6.61 Å². The average molecular weight is 178 g/mol. The molecule has 0 spiro atoms. The van der Waals surface area contributed by atoms with Crippen LogP contribution in [0.1, 0.15) is 0 Å². The van der Waals surface area contributed by atoms with E-state index in [2.05, 4.69) is 0 Å². The fourth-order valence-electron chi connectivity index (χ4n) is 0.0781. The molecule has 0 rings (SSSR count). The molecule has 0 bridgehead atoms. The van der Waals surface area contributed by atoms with E-state index in [9.17, 15) is 4.79 Å². The van der Waals surface area contributed by atoms with Crippen molar-refractivity contribution in [2.45, 2.75) is 6.10 Å². The number of rotatable bonds is 2. The van der Waals surface area contributed by atoms with Gasteiger partial charge in [0.15, 0.2) is 6.10 Å². The van der Waals surface area contributed by atoms with Crippen LogP contribution in [0.2, 0.25) is 0 Å². The summed E-state index contributed by atoms with van der Waals surface area (Å²) >= 11 is 0. The van der Waals surface area contributed by atoms with Crippen LogP contribution in [0.15, 0.2) is 0 Å². The molecule has 0 fully saturated rings. The molecule has 0 heterocycles. The fourth-order valence-corrected chi connectivity index (χ4v) is 0.0781. The van der Waals surface area contributed by atoms with Crippen LogP contribution in [0.3, 0.4) is 0 Å². The van der Waals surface area contributed by atoms with Crippen molar-refractivity contribution in [3.8, 4) is 0 Å². The van der Waals surface area contributed by atoms with Crippen molar-refractivity contribution >= 4 is 94.6 Å². The summed E-state index contributed by atoms with van der Waals surface area (Å²) in [5, 5.41) is 23.7. The zero-order chi connectivity index (χ0) is 5.86. The number of hydrogen-bond donors (Lipinski definition) is 3. The Morgan fingerprint density at radius 2 is 1.60 bits per heavy atom. The summed E-state index contributed by atoms with van der Waals surface area (Å²) in [6.45, 7) is -0.727. The van der Waals surface area contributed by atoms with Crippen molar-refractivity contribution in [2.24, 2.45) is 0 Å². The minimum atomic E-state index is -1.63. The number of carboxylic acids is 1. The van der Waals surface area contributed by atoms with E-state index < -0.39 is 18.7 Å². The molecular weight excluding hydrogens is 169 g/mol. The molecule has 0 aliphatic carbocycles. The quantitative estimate of drug-likeness (QED) is 0.383. The van der Waals surface area contributed by atoms with Crippen molar-refractivity contribution in [1.82, 2.24) is 0 Å². The number of aliphatic hydroxyl groups is 2. The third-order valence-electron chi connectivity index (χ3n) is 0.458. The summed E-state index contributed by atoms with van der Waals surface area (Å²) in [5.74, 6) is -1.40. The summed E-state index contributed by atoms with van der Waals surface area (Å²) in [6.07, 6.45) is -1.63. The molecule has 48 valence electrons. The Kier molecular flexibility index (Phi) is 31.8. The van der Waals surface area contributed by atoms with Crippen LogP contribution in [0.4, 0.5) is 0 Å². The van der Waals surface area contributed by atoms with Gasteiger partial charge >= 0.3 is 94.6 Å². The Morgan fingerprint density at radius 1 is 1.30 bits per heavy atom. The van der Waals surface area contributed by atoms with E-state index in [1.165, 1.54) is 0 Å². The predicted molar refractivity (Wildman–Crippen MR) is 42.2 cm³/mol. The molecule has 10 heavy (non-hydrogen) atoms. The van der Waals surface area contributed by atoms with E-state index in [1.807, 2.05) is 0 Å². The van der Waals surface area contributed by atoms with Gasteiger partial charge in [-0.05, 0) is 0 Å². The molecule has 7 heteroatoms. The van der Waals surface area contributed by atoms with Gasteiger partial charge in [0.1, 0.15) is 0 Å². The first-order valence-corrected chi connectivity index (χ1v) is 1.70. The maximum atomic E-state index is 9.52. The number of hydrogen-bond acceptors (Lipinski definition) is 3. The Hall–Kier alpha value is 2.39. The molecule has 0 aliphatic heterocycles. The van der Waals surface area contributed by atoms with E-state index >= 15 is 0 Å². The summed E-state index contributed by atoms with van der Waals surface area (Å²) in [5.41, 5.74) is 0. The van der Waals surface area contributed by atoms with Crippen LogP contribution >= 0.6 is 0 Å². The Morgan fingerprint density at radius 3 is 1.60 bits per heavy atom. The Balaban J connectivity index is -0.0000000600. The van der Waals surface area contributed by atoms with Crippen LogP contribution in [-0.2, 0) is 4.79 Å². The predicted octanol–water partition coefficient (Wildman–Crippen LogP) is -3.52. The Bertz CT molecular complexity index is 78.1. The second kappa shape index (κ2) is 13.9. The topological polar surface area (TPSA) is 77.8 Å². The molecule has 1 atom stereocenters. The molecule has 0 radical (unpaired) electrons. The van der Waals surface area contributed by atoms with Crippen LogP contribution < -0.4 is 0 Å². The molecule has 1 unspecified atom stereocenters. The third-order valence-corrected chi connectivity index (χ3v) is 0.458. The first kappa shape index (κ1) is 22.8. The molecule has 0 aromatic carbocycles. The number of carbonyl (C=O) groups is 1. The molecule has 0 aromatic rings. The average Bonchev–Trinajstić information content (AvgIpc) is 1.65. The van der Waals surface area contributed by atoms with Crippen LogP contribution in [0, 0.1) is 0 Å². The summed E-state index contributed by atoms with van der Waals surface area (Å²) in [7, 11) is 0. The molecule has 0 saturated heterocycles. The van der Waals surface area contributed by atoms with Gasteiger partial charge < -0.3 is 15.3 Å². The fraction of sp³-hybridized carbons (Fsp3) is 0.667. The van der Waals surface area contributed by atoms with Gasteiger partial charge in [0.2, 0.25) is 0 Å². The number of aliphatic carboxylic acids is 1. The Labute approximate surface area is 125 Å². The van der Waals surface area contributed by atoms with Crippen molar-refractivity contribution in [1.29, 1.82) is 0 Å². The monoisotopic (exact) mass is 178 g/mol. The number of carboxylic acid groups (broad SMARTS) is 1. The third kappa shape index (κ3) is 13.0. The molecule has 3 N–H and O–H groups in total. The maximum absolute atomic E-state index is 9.52. The molecule has 0 aliphatic rings. The van der Waals surface area contributed by atoms with Gasteiger partial charge in [0, 0.05) is 0 Å². The van der Waals surface area contributed by atoms with Crippen molar-refractivity contribution in [3.05, 3.63) is 0 Å². The molecule has 0 saturated carbocycles. The van der Waals surface area contributed by atoms with Gasteiger partial charge in [0.25, 0.3) is 0 Å². The van der Waals surface area contributed by atoms with Gasteiger partial charge in [-0.25, -0.2) is 4.79 Å². The zero-order valence-electron chi connectivity index (χ0n) is 3.53. The van der Waals surface area contributed by atoms with Gasteiger partial charge in [-0.3, -0.25) is 0 Å². The SMILES string of the molecule is O=C(O)C(O)CO.[NaH].[NaH].[NaH]. The summed E-state index contributed by atoms with van der Waals surface area (Å²) in [6, 6.07) is 0. The van der Waals surface area contributed by atoms with E-state index in [0.29, 0.717) is 0 Å². The summed E-state index contributed by atoms with van der Waals surface area (Å²) < 4.78 is 0. The van der Waals surface area contributed by atoms with E-state index in [-0.39, 0.29) is 88.7 Å². The second-order valence-electron chi connectivity index (χ2n) is 1.04. The standard InChI is InChI=1S/C3H6O4.3Na.3H/c4-1-2(5)3(6)7;;;;;;/h2,4-5H,1H2,(H,6,7);;;;;;. The molecular formula is C3H9Na3O4. The van der Waals surface area contributed by atoms with Crippen LogP contribution in [0.25, 0.3) is 0 Å². The van der Waals surface area contributed by atoms with Gasteiger partial charge in [-0.1, -0.05) is 0 Å². The minimum absolute atomic E-state index is 0. The van der Waals surface area contributed by atoms with Crippen molar-refractivity contribution in [2.75, 3.05) is 6.61 Å². The van der Waals surface area contributed by atoms with Gasteiger partial charge in [-0.2, -0.15) is 0 Å². The van der Waals surface area contributed by atoms with E-state index in [4.69, 9.17) is 15.3 Å². The molecule has 4 nitrogen and oxygen atoms in total. The molecule has 0 aromatic heterocycles. The van der Waals surface area contributed by atoms with Crippen molar-refractivity contribution < 1.29 is 20.1 Å².